The molecule has 4 heteroatoms. The van der Waals surface area contributed by atoms with Crippen molar-refractivity contribution < 1.29 is 14.6 Å². The van der Waals surface area contributed by atoms with Crippen LogP contribution in [-0.4, -0.2) is 22.8 Å². The second kappa shape index (κ2) is 5.04. The first-order valence-corrected chi connectivity index (χ1v) is 6.42. The molecule has 0 aliphatic carbocycles. The maximum absolute atomic E-state index is 11.2. The van der Waals surface area contributed by atoms with Gasteiger partial charge in [0.15, 0.2) is 0 Å². The van der Waals surface area contributed by atoms with Crippen molar-refractivity contribution in [1.82, 2.24) is 4.57 Å². The number of hydrogen-bond donors (Lipinski definition) is 1. The molecule has 0 fully saturated rings. The Hall–Kier alpha value is -2.23. The van der Waals surface area contributed by atoms with Crippen LogP contribution in [0.15, 0.2) is 18.2 Å². The first kappa shape index (κ1) is 14.2. The highest BCUT2D eigenvalue weighted by Gasteiger charge is 2.18. The minimum absolute atomic E-state index is 0.343. The summed E-state index contributed by atoms with van der Waals surface area (Å²) in [5.74, 6) is -0.0529. The summed E-state index contributed by atoms with van der Waals surface area (Å²) in [7, 11) is 3.53. The van der Waals surface area contributed by atoms with E-state index in [0.717, 1.165) is 33.8 Å². The van der Waals surface area contributed by atoms with Gasteiger partial charge in [-0.25, -0.2) is 4.79 Å². The zero-order chi connectivity index (χ0) is 15.0. The van der Waals surface area contributed by atoms with Gasteiger partial charge in [0.2, 0.25) is 0 Å². The molecule has 2 rings (SSSR count). The van der Waals surface area contributed by atoms with Crippen molar-refractivity contribution >= 4 is 5.97 Å². The SMILES string of the molecule is COc1ccc(-c2cc(C(=O)O)c(C)n2C)c(C)c1C. The molecule has 4 nitrogen and oxygen atoms in total. The molecule has 0 saturated carbocycles. The summed E-state index contributed by atoms with van der Waals surface area (Å²) in [6.07, 6.45) is 0. The van der Waals surface area contributed by atoms with Gasteiger partial charge in [-0.05, 0) is 50.1 Å². The predicted octanol–water partition coefficient (Wildman–Crippen LogP) is 3.32. The number of carboxylic acids is 1. The van der Waals surface area contributed by atoms with Crippen LogP contribution in [0.1, 0.15) is 27.2 Å². The molecule has 2 aromatic rings. The van der Waals surface area contributed by atoms with E-state index in [4.69, 9.17) is 4.74 Å². The smallest absolute Gasteiger partial charge is 0.337 e. The zero-order valence-corrected chi connectivity index (χ0v) is 12.4. The molecule has 20 heavy (non-hydrogen) atoms. The fourth-order valence-electron chi connectivity index (χ4n) is 2.47. The van der Waals surface area contributed by atoms with Crippen LogP contribution in [0, 0.1) is 20.8 Å². The zero-order valence-electron chi connectivity index (χ0n) is 12.4. The molecule has 0 saturated heterocycles. The Morgan fingerprint density at radius 3 is 2.35 bits per heavy atom. The summed E-state index contributed by atoms with van der Waals surface area (Å²) in [4.78, 5) is 11.2. The predicted molar refractivity (Wildman–Crippen MR) is 78.6 cm³/mol. The van der Waals surface area contributed by atoms with E-state index >= 15 is 0 Å². The number of carboxylic acid groups (broad SMARTS) is 1. The average Bonchev–Trinajstić information content (AvgIpc) is 2.70. The van der Waals surface area contributed by atoms with E-state index in [-0.39, 0.29) is 0 Å². The molecule has 0 unspecified atom stereocenters. The number of methoxy groups -OCH3 is 1. The van der Waals surface area contributed by atoms with Crippen molar-refractivity contribution in [3.05, 3.63) is 40.6 Å². The Morgan fingerprint density at radius 1 is 1.20 bits per heavy atom. The number of benzene rings is 1. The number of ether oxygens (including phenoxy) is 1. The lowest BCUT2D eigenvalue weighted by Gasteiger charge is -2.13. The van der Waals surface area contributed by atoms with Crippen LogP contribution in [0.3, 0.4) is 0 Å². The second-order valence-corrected chi connectivity index (χ2v) is 4.96. The number of aromatic nitrogens is 1. The molecular formula is C16H19NO3. The lowest BCUT2D eigenvalue weighted by Crippen LogP contribution is -2.00. The third-order valence-corrected chi connectivity index (χ3v) is 4.00. The third kappa shape index (κ3) is 2.07. The minimum Gasteiger partial charge on any atom is -0.496 e. The van der Waals surface area contributed by atoms with Gasteiger partial charge in [0.1, 0.15) is 5.75 Å². The van der Waals surface area contributed by atoms with Crippen LogP contribution in [0.25, 0.3) is 11.3 Å². The number of nitrogens with zero attached hydrogens (tertiary/aromatic N) is 1. The Morgan fingerprint density at radius 2 is 1.85 bits per heavy atom. The molecule has 0 amide bonds. The van der Waals surface area contributed by atoms with E-state index in [1.54, 1.807) is 13.2 Å². The summed E-state index contributed by atoms with van der Waals surface area (Å²) in [6.45, 7) is 5.85. The molecule has 1 N–H and O–H groups in total. The van der Waals surface area contributed by atoms with E-state index in [0.29, 0.717) is 5.56 Å². The number of carbonyl (C=O) groups is 1. The summed E-state index contributed by atoms with van der Waals surface area (Å²) in [5.41, 5.74) is 5.20. The van der Waals surface area contributed by atoms with Gasteiger partial charge in [0.05, 0.1) is 12.7 Å². The normalized spacial score (nSPS) is 10.7. The van der Waals surface area contributed by atoms with Crippen molar-refractivity contribution in [3.63, 3.8) is 0 Å². The van der Waals surface area contributed by atoms with E-state index in [9.17, 15) is 9.90 Å². The van der Waals surface area contributed by atoms with Crippen LogP contribution in [0.5, 0.6) is 5.75 Å². The summed E-state index contributed by atoms with van der Waals surface area (Å²) in [5, 5.41) is 9.22. The fourth-order valence-corrected chi connectivity index (χ4v) is 2.47. The largest absolute Gasteiger partial charge is 0.496 e. The number of rotatable bonds is 3. The standard InChI is InChI=1S/C16H19NO3/c1-9-10(2)15(20-5)7-6-12(9)14-8-13(16(18)19)11(3)17(14)4/h6-8H,1-5H3,(H,18,19). The van der Waals surface area contributed by atoms with Gasteiger partial charge >= 0.3 is 5.97 Å². The molecule has 0 bridgehead atoms. The highest BCUT2D eigenvalue weighted by atomic mass is 16.5. The van der Waals surface area contributed by atoms with Crippen molar-refractivity contribution in [2.45, 2.75) is 20.8 Å². The molecule has 106 valence electrons. The van der Waals surface area contributed by atoms with Gasteiger partial charge in [0.25, 0.3) is 0 Å². The monoisotopic (exact) mass is 273 g/mol. The van der Waals surface area contributed by atoms with Gasteiger partial charge < -0.3 is 14.4 Å². The van der Waals surface area contributed by atoms with Gasteiger partial charge in [-0.15, -0.1) is 0 Å². The molecule has 1 aromatic heterocycles. The van der Waals surface area contributed by atoms with E-state index < -0.39 is 5.97 Å². The molecule has 0 aliphatic rings. The third-order valence-electron chi connectivity index (χ3n) is 4.00. The molecule has 1 heterocycles. The van der Waals surface area contributed by atoms with Crippen LogP contribution in [0.2, 0.25) is 0 Å². The summed E-state index contributed by atoms with van der Waals surface area (Å²) < 4.78 is 7.23. The Kier molecular flexibility index (Phi) is 3.57. The maximum atomic E-state index is 11.2. The van der Waals surface area contributed by atoms with Crippen LogP contribution < -0.4 is 4.74 Å². The fraction of sp³-hybridized carbons (Fsp3) is 0.312. The van der Waals surface area contributed by atoms with E-state index in [1.807, 2.05) is 44.5 Å². The van der Waals surface area contributed by atoms with Crippen LogP contribution >= 0.6 is 0 Å². The lowest BCUT2D eigenvalue weighted by atomic mass is 9.99. The second-order valence-electron chi connectivity index (χ2n) is 4.96. The molecule has 0 radical (unpaired) electrons. The molecule has 0 atom stereocenters. The van der Waals surface area contributed by atoms with E-state index in [1.165, 1.54) is 0 Å². The Balaban J connectivity index is 2.67. The van der Waals surface area contributed by atoms with Crippen molar-refractivity contribution in [3.8, 4) is 17.0 Å². The summed E-state index contributed by atoms with van der Waals surface area (Å²) >= 11 is 0. The number of aromatic carboxylic acids is 1. The van der Waals surface area contributed by atoms with Crippen molar-refractivity contribution in [2.75, 3.05) is 7.11 Å². The maximum Gasteiger partial charge on any atom is 0.337 e. The lowest BCUT2D eigenvalue weighted by molar-refractivity contribution is 0.0696. The van der Waals surface area contributed by atoms with Crippen molar-refractivity contribution in [2.24, 2.45) is 7.05 Å². The van der Waals surface area contributed by atoms with Crippen LogP contribution in [-0.2, 0) is 7.05 Å². The van der Waals surface area contributed by atoms with Gasteiger partial charge in [-0.3, -0.25) is 0 Å². The topological polar surface area (TPSA) is 51.5 Å². The van der Waals surface area contributed by atoms with Crippen LogP contribution in [0.4, 0.5) is 0 Å². The van der Waals surface area contributed by atoms with E-state index in [2.05, 4.69) is 0 Å². The van der Waals surface area contributed by atoms with Gasteiger partial charge in [-0.1, -0.05) is 0 Å². The average molecular weight is 273 g/mol. The minimum atomic E-state index is -0.896. The number of hydrogen-bond acceptors (Lipinski definition) is 2. The quantitative estimate of drug-likeness (QED) is 0.933. The molecule has 0 spiro atoms. The first-order valence-electron chi connectivity index (χ1n) is 6.42. The Labute approximate surface area is 118 Å². The molecular weight excluding hydrogens is 254 g/mol. The highest BCUT2D eigenvalue weighted by molar-refractivity contribution is 5.91. The van der Waals surface area contributed by atoms with Gasteiger partial charge in [0, 0.05) is 24.0 Å². The Bertz CT molecular complexity index is 684. The molecule has 0 aliphatic heterocycles. The van der Waals surface area contributed by atoms with Crippen molar-refractivity contribution in [1.29, 1.82) is 0 Å². The summed E-state index contributed by atoms with van der Waals surface area (Å²) in [6, 6.07) is 5.62. The highest BCUT2D eigenvalue weighted by Crippen LogP contribution is 2.32. The first-order chi connectivity index (χ1) is 9.38. The molecule has 1 aromatic carbocycles. The van der Waals surface area contributed by atoms with Gasteiger partial charge in [-0.2, -0.15) is 0 Å².